The molecule has 1 aliphatic rings. The summed E-state index contributed by atoms with van der Waals surface area (Å²) in [5.41, 5.74) is -1.02. The topological polar surface area (TPSA) is 64.6 Å². The lowest BCUT2D eigenvalue weighted by Gasteiger charge is -2.20. The van der Waals surface area contributed by atoms with Gasteiger partial charge in [-0.15, -0.1) is 0 Å². The third-order valence-corrected chi connectivity index (χ3v) is 2.20. The van der Waals surface area contributed by atoms with Crippen LogP contribution in [0, 0.1) is 5.92 Å². The molecule has 0 heterocycles. The van der Waals surface area contributed by atoms with Crippen molar-refractivity contribution in [2.45, 2.75) is 65.2 Å². The monoisotopic (exact) mass is 257 g/mol. The first kappa shape index (κ1) is 14.8. The molecule has 0 bridgehead atoms. The van der Waals surface area contributed by atoms with Crippen LogP contribution in [0.4, 0.5) is 4.79 Å². The molecule has 5 nitrogen and oxygen atoms in total. The highest BCUT2D eigenvalue weighted by atomic mass is 16.6. The van der Waals surface area contributed by atoms with Crippen LogP contribution >= 0.6 is 0 Å². The maximum absolute atomic E-state index is 11.7. The van der Waals surface area contributed by atoms with Crippen LogP contribution in [0.1, 0.15) is 48.0 Å². The molecule has 0 aliphatic heterocycles. The number of esters is 1. The fraction of sp³-hybridized carbons (Fsp3) is 0.846. The first-order valence-electron chi connectivity index (χ1n) is 6.20. The van der Waals surface area contributed by atoms with Gasteiger partial charge in [-0.25, -0.2) is 4.79 Å². The van der Waals surface area contributed by atoms with Crippen LogP contribution in [0.2, 0.25) is 0 Å². The fourth-order valence-corrected chi connectivity index (χ4v) is 1.45. The molecule has 2 atom stereocenters. The number of alkyl carbamates (subject to hydrolysis) is 1. The Kier molecular flexibility index (Phi) is 3.93. The Balaban J connectivity index is 2.33. The zero-order chi connectivity index (χ0) is 14.1. The van der Waals surface area contributed by atoms with Crippen molar-refractivity contribution >= 4 is 12.1 Å². The van der Waals surface area contributed by atoms with E-state index >= 15 is 0 Å². The van der Waals surface area contributed by atoms with E-state index in [-0.39, 0.29) is 17.9 Å². The van der Waals surface area contributed by atoms with E-state index in [9.17, 15) is 9.59 Å². The summed E-state index contributed by atoms with van der Waals surface area (Å²) in [5.74, 6) is -0.500. The molecule has 0 spiro atoms. The molecule has 0 radical (unpaired) electrons. The van der Waals surface area contributed by atoms with Crippen molar-refractivity contribution < 1.29 is 19.1 Å². The van der Waals surface area contributed by atoms with Gasteiger partial charge in [0.15, 0.2) is 0 Å². The second-order valence-corrected chi connectivity index (χ2v) is 6.63. The molecular weight excluding hydrogens is 234 g/mol. The maximum atomic E-state index is 11.7. The predicted molar refractivity (Wildman–Crippen MR) is 67.1 cm³/mol. The van der Waals surface area contributed by atoms with E-state index in [0.717, 1.165) is 0 Å². The number of amides is 1. The number of rotatable bonds is 2. The zero-order valence-corrected chi connectivity index (χ0v) is 12.0. The molecule has 1 aliphatic carbocycles. The fourth-order valence-electron chi connectivity index (χ4n) is 1.45. The zero-order valence-electron chi connectivity index (χ0n) is 12.0. The Bertz CT molecular complexity index is 338. The average molecular weight is 257 g/mol. The second-order valence-electron chi connectivity index (χ2n) is 6.63. The number of ether oxygens (including phenoxy) is 2. The minimum atomic E-state index is -0.527. The minimum Gasteiger partial charge on any atom is -0.460 e. The van der Waals surface area contributed by atoms with E-state index in [0.29, 0.717) is 6.42 Å². The van der Waals surface area contributed by atoms with Crippen LogP contribution in [0.15, 0.2) is 0 Å². The molecule has 104 valence electrons. The molecule has 1 N–H and O–H groups in total. The van der Waals surface area contributed by atoms with Gasteiger partial charge in [-0.3, -0.25) is 4.79 Å². The van der Waals surface area contributed by atoms with Gasteiger partial charge in [0.2, 0.25) is 0 Å². The van der Waals surface area contributed by atoms with Gasteiger partial charge in [-0.1, -0.05) is 0 Å². The van der Waals surface area contributed by atoms with Gasteiger partial charge < -0.3 is 14.8 Å². The Hall–Kier alpha value is -1.26. The van der Waals surface area contributed by atoms with Crippen LogP contribution in [0.5, 0.6) is 0 Å². The summed E-state index contributed by atoms with van der Waals surface area (Å²) in [6.45, 7) is 10.9. The van der Waals surface area contributed by atoms with Crippen molar-refractivity contribution in [1.29, 1.82) is 0 Å². The average Bonchev–Trinajstić information content (AvgIpc) is 2.75. The Morgan fingerprint density at radius 1 is 1.00 bits per heavy atom. The Morgan fingerprint density at radius 2 is 1.50 bits per heavy atom. The largest absolute Gasteiger partial charge is 0.460 e. The number of carbonyl (C=O) groups is 2. The van der Waals surface area contributed by atoms with Gasteiger partial charge >= 0.3 is 12.1 Å². The summed E-state index contributed by atoms with van der Waals surface area (Å²) in [4.78, 5) is 23.2. The van der Waals surface area contributed by atoms with Crippen molar-refractivity contribution in [2.24, 2.45) is 5.92 Å². The van der Waals surface area contributed by atoms with E-state index in [1.165, 1.54) is 0 Å². The van der Waals surface area contributed by atoms with Gasteiger partial charge in [0.25, 0.3) is 0 Å². The van der Waals surface area contributed by atoms with E-state index < -0.39 is 17.3 Å². The lowest BCUT2D eigenvalue weighted by atomic mass is 10.2. The van der Waals surface area contributed by atoms with Crippen LogP contribution in [0.25, 0.3) is 0 Å². The molecule has 1 rings (SSSR count). The molecule has 0 aromatic carbocycles. The number of hydrogen-bond acceptors (Lipinski definition) is 4. The maximum Gasteiger partial charge on any atom is 0.407 e. The van der Waals surface area contributed by atoms with Crippen LogP contribution < -0.4 is 5.32 Å². The van der Waals surface area contributed by atoms with Crippen molar-refractivity contribution in [3.8, 4) is 0 Å². The highest BCUT2D eigenvalue weighted by Gasteiger charge is 2.47. The first-order chi connectivity index (χ1) is 7.98. The Morgan fingerprint density at radius 3 is 1.94 bits per heavy atom. The molecule has 1 fully saturated rings. The van der Waals surface area contributed by atoms with Crippen LogP contribution in [-0.4, -0.2) is 29.3 Å². The minimum absolute atomic E-state index is 0.158. The Labute approximate surface area is 108 Å². The molecular formula is C13H23NO4. The second kappa shape index (κ2) is 4.78. The molecule has 0 unspecified atom stereocenters. The summed E-state index contributed by atoms with van der Waals surface area (Å²) in [6.07, 6.45) is 0.132. The number of nitrogens with one attached hydrogen (secondary N) is 1. The molecule has 18 heavy (non-hydrogen) atoms. The van der Waals surface area contributed by atoms with Crippen molar-refractivity contribution in [3.05, 3.63) is 0 Å². The number of carbonyl (C=O) groups excluding carboxylic acids is 2. The summed E-state index contributed by atoms with van der Waals surface area (Å²) in [5, 5.41) is 2.67. The van der Waals surface area contributed by atoms with Crippen LogP contribution in [-0.2, 0) is 14.3 Å². The van der Waals surface area contributed by atoms with E-state index in [1.807, 2.05) is 20.8 Å². The third-order valence-electron chi connectivity index (χ3n) is 2.20. The van der Waals surface area contributed by atoms with Crippen LogP contribution in [0.3, 0.4) is 0 Å². The quantitative estimate of drug-likeness (QED) is 0.770. The predicted octanol–water partition coefficient (Wildman–Crippen LogP) is 2.24. The number of hydrogen-bond donors (Lipinski definition) is 1. The summed E-state index contributed by atoms with van der Waals surface area (Å²) >= 11 is 0. The molecule has 0 saturated heterocycles. The van der Waals surface area contributed by atoms with Gasteiger partial charge in [0, 0.05) is 6.04 Å². The molecule has 1 amide bonds. The lowest BCUT2D eigenvalue weighted by molar-refractivity contribution is -0.156. The molecule has 5 heteroatoms. The standard InChI is InChI=1S/C13H23NO4/c1-12(2,3)17-10(15)8-7-9(8)14-11(16)18-13(4,5)6/h8-9H,7H2,1-6H3,(H,14,16)/t8-,9-/m1/s1. The summed E-state index contributed by atoms with van der Waals surface area (Å²) in [6, 6.07) is -0.158. The summed E-state index contributed by atoms with van der Waals surface area (Å²) < 4.78 is 10.4. The van der Waals surface area contributed by atoms with Crippen molar-refractivity contribution in [2.75, 3.05) is 0 Å². The first-order valence-corrected chi connectivity index (χ1v) is 6.20. The molecule has 0 aromatic rings. The van der Waals surface area contributed by atoms with Gasteiger partial charge in [-0.2, -0.15) is 0 Å². The van der Waals surface area contributed by atoms with Gasteiger partial charge in [-0.05, 0) is 48.0 Å². The van der Waals surface area contributed by atoms with E-state index in [1.54, 1.807) is 20.8 Å². The smallest absolute Gasteiger partial charge is 0.407 e. The summed E-state index contributed by atoms with van der Waals surface area (Å²) in [7, 11) is 0. The van der Waals surface area contributed by atoms with Gasteiger partial charge in [0.1, 0.15) is 11.2 Å². The SMILES string of the molecule is CC(C)(C)OC(=O)N[C@@H]1C[C@H]1C(=O)OC(C)(C)C. The van der Waals surface area contributed by atoms with E-state index in [4.69, 9.17) is 9.47 Å². The van der Waals surface area contributed by atoms with Crippen molar-refractivity contribution in [1.82, 2.24) is 5.32 Å². The lowest BCUT2D eigenvalue weighted by Crippen LogP contribution is -2.35. The van der Waals surface area contributed by atoms with Gasteiger partial charge in [0.05, 0.1) is 5.92 Å². The highest BCUT2D eigenvalue weighted by Crippen LogP contribution is 2.33. The normalized spacial score (nSPS) is 23.2. The molecule has 1 saturated carbocycles. The van der Waals surface area contributed by atoms with Crippen molar-refractivity contribution in [3.63, 3.8) is 0 Å². The van der Waals surface area contributed by atoms with E-state index in [2.05, 4.69) is 5.32 Å². The third kappa shape index (κ3) is 5.38. The highest BCUT2D eigenvalue weighted by molar-refractivity contribution is 5.79. The molecule has 0 aromatic heterocycles.